The summed E-state index contributed by atoms with van der Waals surface area (Å²) in [7, 11) is 1.59. The number of nitrogens with one attached hydrogen (secondary N) is 2. The van der Waals surface area contributed by atoms with E-state index in [0.717, 1.165) is 16.8 Å². The Hall–Kier alpha value is -4.41. The molecule has 0 bridgehead atoms. The topological polar surface area (TPSA) is 143 Å². The van der Waals surface area contributed by atoms with E-state index in [1.807, 2.05) is 25.7 Å². The smallest absolute Gasteiger partial charge is 0.317 e. The third kappa shape index (κ3) is 4.67. The minimum absolute atomic E-state index is 0.0146. The maximum atomic E-state index is 11.9. The van der Waals surface area contributed by atoms with Gasteiger partial charge in [-0.1, -0.05) is 0 Å². The normalized spacial score (nSPS) is 17.6. The fraction of sp³-hybridized carbons (Fsp3) is 0.370. The van der Waals surface area contributed by atoms with Crippen molar-refractivity contribution in [3.63, 3.8) is 0 Å². The van der Waals surface area contributed by atoms with Crippen molar-refractivity contribution in [2.45, 2.75) is 32.9 Å². The first kappa shape index (κ1) is 25.2. The molecule has 0 saturated carbocycles. The zero-order valence-corrected chi connectivity index (χ0v) is 22.0. The van der Waals surface area contributed by atoms with Gasteiger partial charge in [-0.15, -0.1) is 0 Å². The van der Waals surface area contributed by atoms with Gasteiger partial charge in [0.05, 0.1) is 30.8 Å². The lowest BCUT2D eigenvalue weighted by Gasteiger charge is -2.37. The van der Waals surface area contributed by atoms with Crippen LogP contribution < -0.4 is 25.4 Å². The van der Waals surface area contributed by atoms with Gasteiger partial charge in [0.15, 0.2) is 11.6 Å². The Balaban J connectivity index is 1.37. The predicted molar refractivity (Wildman–Crippen MR) is 144 cm³/mol. The first-order chi connectivity index (χ1) is 18.3. The molecule has 38 heavy (non-hydrogen) atoms. The molecular formula is C27H32N8O3. The highest BCUT2D eigenvalue weighted by molar-refractivity contribution is 6.14. The minimum atomic E-state index is -0.261. The number of nitrogens with two attached hydrogens (primary N) is 1. The molecule has 3 aromatic rings. The lowest BCUT2D eigenvalue weighted by Crippen LogP contribution is -2.52. The molecule has 11 heteroatoms. The number of ether oxygens (including phenoxy) is 2. The average Bonchev–Trinajstić information content (AvgIpc) is 3.28. The first-order valence-electron chi connectivity index (χ1n) is 12.5. The summed E-state index contributed by atoms with van der Waals surface area (Å²) < 4.78 is 11.9. The molecular weight excluding hydrogens is 484 g/mol. The van der Waals surface area contributed by atoms with Crippen LogP contribution >= 0.6 is 0 Å². The number of fused-ring (bicyclic) bond motifs is 1. The van der Waals surface area contributed by atoms with Crippen molar-refractivity contribution in [1.29, 1.82) is 5.41 Å². The number of nitrogen functional groups attached to an aromatic ring is 1. The highest BCUT2D eigenvalue weighted by Gasteiger charge is 2.36. The number of hydrogen-bond donors (Lipinski definition) is 3. The monoisotopic (exact) mass is 516 g/mol. The van der Waals surface area contributed by atoms with E-state index in [2.05, 4.69) is 25.4 Å². The van der Waals surface area contributed by atoms with Crippen LogP contribution in [0.3, 0.4) is 0 Å². The molecule has 1 unspecified atom stereocenters. The van der Waals surface area contributed by atoms with Crippen LogP contribution in [0.5, 0.6) is 11.5 Å². The number of carbonyl (C=O) groups excluding carboxylic acids is 1. The van der Waals surface area contributed by atoms with Crippen LogP contribution in [0.2, 0.25) is 0 Å². The molecule has 2 aliphatic rings. The van der Waals surface area contributed by atoms with Crippen LogP contribution in [0.15, 0.2) is 36.7 Å². The van der Waals surface area contributed by atoms with Gasteiger partial charge in [0.1, 0.15) is 11.9 Å². The van der Waals surface area contributed by atoms with Gasteiger partial charge in [-0.05, 0) is 50.6 Å². The number of aromatic nitrogens is 3. The fourth-order valence-electron chi connectivity index (χ4n) is 5.23. The van der Waals surface area contributed by atoms with Crippen LogP contribution in [0.1, 0.15) is 41.0 Å². The quantitative estimate of drug-likeness (QED) is 0.321. The summed E-state index contributed by atoms with van der Waals surface area (Å²) in [6, 6.07) is 7.20. The zero-order chi connectivity index (χ0) is 27.0. The zero-order valence-electron chi connectivity index (χ0n) is 22.0. The number of rotatable bonds is 7. The molecule has 2 aromatic heterocycles. The second kappa shape index (κ2) is 10.2. The van der Waals surface area contributed by atoms with Crippen molar-refractivity contribution in [2.24, 2.45) is 0 Å². The largest absolute Gasteiger partial charge is 0.493 e. The fourth-order valence-corrected chi connectivity index (χ4v) is 5.23. The summed E-state index contributed by atoms with van der Waals surface area (Å²) in [6.45, 7) is 8.41. The van der Waals surface area contributed by atoms with Gasteiger partial charge >= 0.3 is 6.03 Å². The van der Waals surface area contributed by atoms with Crippen molar-refractivity contribution >= 4 is 23.2 Å². The number of carbonyl (C=O) groups is 1. The molecule has 2 saturated heterocycles. The summed E-state index contributed by atoms with van der Waals surface area (Å²) in [5, 5.41) is 20.0. The lowest BCUT2D eigenvalue weighted by molar-refractivity contribution is 0.197. The van der Waals surface area contributed by atoms with E-state index in [9.17, 15) is 4.79 Å². The Morgan fingerprint density at radius 2 is 2.05 bits per heavy atom. The summed E-state index contributed by atoms with van der Waals surface area (Å²) in [5.41, 5.74) is 10.9. The Kier molecular flexibility index (Phi) is 6.75. The maximum Gasteiger partial charge on any atom is 0.317 e. The lowest BCUT2D eigenvalue weighted by atomic mass is 10.0. The molecule has 2 atom stereocenters. The number of nitrogens with zero attached hydrogens (tertiary/aromatic N) is 5. The number of urea groups is 1. The molecule has 2 amide bonds. The van der Waals surface area contributed by atoms with E-state index in [4.69, 9.17) is 20.6 Å². The number of benzene rings is 1. The van der Waals surface area contributed by atoms with Crippen LogP contribution in [0.4, 0.5) is 16.3 Å². The molecule has 0 aliphatic carbocycles. The van der Waals surface area contributed by atoms with Crippen LogP contribution in [-0.2, 0) is 0 Å². The van der Waals surface area contributed by atoms with Crippen molar-refractivity contribution in [3.8, 4) is 11.5 Å². The average molecular weight is 517 g/mol. The summed E-state index contributed by atoms with van der Waals surface area (Å²) >= 11 is 0. The van der Waals surface area contributed by atoms with Crippen molar-refractivity contribution < 1.29 is 14.3 Å². The van der Waals surface area contributed by atoms with Crippen LogP contribution in [0.25, 0.3) is 0 Å². The number of piperazine rings is 1. The minimum Gasteiger partial charge on any atom is -0.493 e. The van der Waals surface area contributed by atoms with Gasteiger partial charge in [-0.2, -0.15) is 10.2 Å². The number of aryl methyl sites for hydroxylation is 2. The maximum absolute atomic E-state index is 11.9. The molecule has 2 fully saturated rings. The van der Waals surface area contributed by atoms with Gasteiger partial charge < -0.3 is 30.3 Å². The molecule has 198 valence electrons. The number of pyridine rings is 1. The molecule has 4 N–H and O–H groups in total. The number of anilines is 2. The number of amides is 2. The third-order valence-electron chi connectivity index (χ3n) is 7.16. The Labute approximate surface area is 221 Å². The highest BCUT2D eigenvalue weighted by atomic mass is 16.5. The summed E-state index contributed by atoms with van der Waals surface area (Å²) in [6.07, 6.45) is 3.12. The molecule has 1 aromatic carbocycles. The van der Waals surface area contributed by atoms with E-state index in [1.54, 1.807) is 43.8 Å². The van der Waals surface area contributed by atoms with Crippen molar-refractivity contribution in [2.75, 3.05) is 43.9 Å². The first-order valence-corrected chi connectivity index (χ1v) is 12.5. The Morgan fingerprint density at radius 3 is 2.82 bits per heavy atom. The van der Waals surface area contributed by atoms with Crippen LogP contribution in [-0.4, -0.2) is 71.2 Å². The predicted octanol–water partition coefficient (Wildman–Crippen LogP) is 2.85. The van der Waals surface area contributed by atoms with Crippen LogP contribution in [0, 0.1) is 19.3 Å². The molecule has 0 spiro atoms. The van der Waals surface area contributed by atoms with E-state index < -0.39 is 0 Å². The molecule has 11 nitrogen and oxygen atoms in total. The summed E-state index contributed by atoms with van der Waals surface area (Å²) in [4.78, 5) is 20.6. The van der Waals surface area contributed by atoms with Crippen molar-refractivity contribution in [1.82, 2.24) is 25.4 Å². The SMILES string of the molecule is COc1cc(C(=N)c2cc(O[C@H](C)c3c(C)cnnc3C)ccc2N)cnc1N1CCN2C(=O)NCC2C1. The van der Waals surface area contributed by atoms with E-state index >= 15 is 0 Å². The highest BCUT2D eigenvalue weighted by Crippen LogP contribution is 2.32. The standard InChI is InChI=1S/C27H32N8O3/c1-15-11-32-33-16(2)24(15)17(3)38-20-5-6-22(28)21(10-20)25(29)18-9-23(37-4)26(30-12-18)34-7-8-35-19(14-34)13-31-27(35)36/h5-6,9-12,17,19,29H,7-8,13-14,28H2,1-4H3,(H,31,36)/t17-,19?/m1/s1. The second-order valence-corrected chi connectivity index (χ2v) is 9.64. The van der Waals surface area contributed by atoms with Gasteiger partial charge in [-0.25, -0.2) is 9.78 Å². The van der Waals surface area contributed by atoms with Gasteiger partial charge in [0.2, 0.25) is 0 Å². The van der Waals surface area contributed by atoms with E-state index in [0.29, 0.717) is 60.3 Å². The van der Waals surface area contributed by atoms with Crippen molar-refractivity contribution in [3.05, 3.63) is 64.6 Å². The number of hydrogen-bond acceptors (Lipinski definition) is 9. The van der Waals surface area contributed by atoms with Gasteiger partial charge in [0, 0.05) is 54.8 Å². The van der Waals surface area contributed by atoms with E-state index in [-0.39, 0.29) is 23.9 Å². The van der Waals surface area contributed by atoms with Gasteiger partial charge in [-0.3, -0.25) is 5.41 Å². The molecule has 0 radical (unpaired) electrons. The Bertz CT molecular complexity index is 1370. The number of methoxy groups -OCH3 is 1. The van der Waals surface area contributed by atoms with E-state index in [1.165, 1.54) is 0 Å². The molecule has 2 aliphatic heterocycles. The van der Waals surface area contributed by atoms with Gasteiger partial charge in [0.25, 0.3) is 0 Å². The molecule has 5 rings (SSSR count). The third-order valence-corrected chi connectivity index (χ3v) is 7.16. The Morgan fingerprint density at radius 1 is 1.24 bits per heavy atom. The second-order valence-electron chi connectivity index (χ2n) is 9.64. The summed E-state index contributed by atoms with van der Waals surface area (Å²) in [5.74, 6) is 1.85. The molecule has 4 heterocycles.